The van der Waals surface area contributed by atoms with Crippen molar-refractivity contribution in [2.45, 2.75) is 103 Å². The van der Waals surface area contributed by atoms with E-state index in [1.165, 1.54) is 0 Å². The van der Waals surface area contributed by atoms with Crippen LogP contribution in [0.15, 0.2) is 30.0 Å². The first-order valence-electron chi connectivity index (χ1n) is 14.8. The van der Waals surface area contributed by atoms with E-state index in [2.05, 4.69) is 12.0 Å². The molecule has 0 saturated heterocycles. The lowest BCUT2D eigenvalue weighted by molar-refractivity contribution is -0.152. The van der Waals surface area contributed by atoms with E-state index in [0.29, 0.717) is 6.42 Å². The standard InChI is InChI=1S/C32H36Cl2F4N2O4/c1-30(11-3-4-12-30)13-8-19(6-5-7-25(41)26-23(33)16-20(35)17-24(26)34)27(42)22-18-39-40(28(22)32(36,37)38)21-9-14-31(2,15-10-21)29(43)44/h8,16-18,21H,3-7,9-15H2,1-2H3,(H,43,44)/b19-8-. The van der Waals surface area contributed by atoms with Gasteiger partial charge in [-0.1, -0.05) is 49.0 Å². The molecule has 0 radical (unpaired) electrons. The normalized spacial score (nSPS) is 22.3. The number of ketones is 2. The molecule has 240 valence electrons. The molecule has 0 bridgehead atoms. The number of carbonyl (C=O) groups excluding carboxylic acids is 2. The van der Waals surface area contributed by atoms with E-state index in [0.717, 1.165) is 48.7 Å². The summed E-state index contributed by atoms with van der Waals surface area (Å²) in [5.74, 6) is -2.96. The smallest absolute Gasteiger partial charge is 0.433 e. The van der Waals surface area contributed by atoms with E-state index in [-0.39, 0.29) is 71.5 Å². The highest BCUT2D eigenvalue weighted by molar-refractivity contribution is 6.39. The number of rotatable bonds is 11. The van der Waals surface area contributed by atoms with E-state index >= 15 is 0 Å². The Balaban J connectivity index is 1.60. The number of alkyl halides is 3. The fraction of sp³-hybridized carbons (Fsp3) is 0.562. The molecule has 2 saturated carbocycles. The summed E-state index contributed by atoms with van der Waals surface area (Å²) in [5.41, 5.74) is -2.70. The van der Waals surface area contributed by atoms with Crippen LogP contribution >= 0.6 is 23.2 Å². The summed E-state index contributed by atoms with van der Waals surface area (Å²) >= 11 is 12.1. The van der Waals surface area contributed by atoms with Crippen molar-refractivity contribution in [3.8, 4) is 0 Å². The Morgan fingerprint density at radius 2 is 1.64 bits per heavy atom. The van der Waals surface area contributed by atoms with E-state index in [9.17, 15) is 37.1 Å². The van der Waals surface area contributed by atoms with Crippen LogP contribution in [0.5, 0.6) is 0 Å². The van der Waals surface area contributed by atoms with Crippen LogP contribution in [0.4, 0.5) is 17.6 Å². The lowest BCUT2D eigenvalue weighted by Gasteiger charge is -2.34. The van der Waals surface area contributed by atoms with Gasteiger partial charge in [-0.05, 0) is 87.8 Å². The minimum Gasteiger partial charge on any atom is -0.481 e. The van der Waals surface area contributed by atoms with Gasteiger partial charge in [0.05, 0.1) is 38.8 Å². The summed E-state index contributed by atoms with van der Waals surface area (Å²) in [6.07, 6.45) is 3.00. The molecule has 1 aromatic carbocycles. The summed E-state index contributed by atoms with van der Waals surface area (Å²) in [5, 5.41) is 13.3. The predicted molar refractivity (Wildman–Crippen MR) is 159 cm³/mol. The van der Waals surface area contributed by atoms with Crippen molar-refractivity contribution in [3.05, 3.63) is 62.7 Å². The molecule has 1 aromatic heterocycles. The zero-order valence-electron chi connectivity index (χ0n) is 24.7. The molecule has 2 aliphatic carbocycles. The second-order valence-corrected chi connectivity index (χ2v) is 13.6. The molecule has 44 heavy (non-hydrogen) atoms. The number of nitrogens with zero attached hydrogens (tertiary/aromatic N) is 2. The van der Waals surface area contributed by atoms with Gasteiger partial charge in [-0.3, -0.25) is 19.1 Å². The molecule has 0 amide bonds. The molecule has 4 rings (SSSR count). The first-order valence-corrected chi connectivity index (χ1v) is 15.6. The Morgan fingerprint density at radius 1 is 1.05 bits per heavy atom. The number of allylic oxidation sites excluding steroid dienone is 2. The number of Topliss-reactive ketones (excluding diaryl/α,β-unsaturated/α-hetero) is 2. The van der Waals surface area contributed by atoms with Gasteiger partial charge in [0.25, 0.3) is 0 Å². The van der Waals surface area contributed by atoms with Crippen molar-refractivity contribution in [3.63, 3.8) is 0 Å². The van der Waals surface area contributed by atoms with Gasteiger partial charge in [-0.2, -0.15) is 18.3 Å². The molecule has 2 fully saturated rings. The number of hydrogen-bond acceptors (Lipinski definition) is 4. The van der Waals surface area contributed by atoms with Crippen LogP contribution in [-0.4, -0.2) is 32.4 Å². The summed E-state index contributed by atoms with van der Waals surface area (Å²) in [7, 11) is 0. The summed E-state index contributed by atoms with van der Waals surface area (Å²) in [6, 6.07) is 1.25. The van der Waals surface area contributed by atoms with Crippen LogP contribution in [0.2, 0.25) is 10.0 Å². The number of carboxylic acids is 1. The molecule has 12 heteroatoms. The molecule has 6 nitrogen and oxygen atoms in total. The van der Waals surface area contributed by atoms with Crippen LogP contribution in [0.1, 0.15) is 123 Å². The summed E-state index contributed by atoms with van der Waals surface area (Å²) in [4.78, 5) is 38.4. The highest BCUT2D eigenvalue weighted by Gasteiger charge is 2.44. The number of aromatic nitrogens is 2. The van der Waals surface area contributed by atoms with E-state index in [1.807, 2.05) is 0 Å². The minimum absolute atomic E-state index is 0.0277. The lowest BCUT2D eigenvalue weighted by atomic mass is 9.74. The molecular weight excluding hydrogens is 623 g/mol. The van der Waals surface area contributed by atoms with E-state index < -0.39 is 52.2 Å². The largest absolute Gasteiger partial charge is 0.481 e. The van der Waals surface area contributed by atoms with Crippen LogP contribution in [-0.2, 0) is 11.0 Å². The van der Waals surface area contributed by atoms with Crippen LogP contribution in [0, 0.1) is 16.6 Å². The van der Waals surface area contributed by atoms with Crippen LogP contribution in [0.25, 0.3) is 0 Å². The van der Waals surface area contributed by atoms with Gasteiger partial charge >= 0.3 is 12.1 Å². The topological polar surface area (TPSA) is 89.3 Å². The Morgan fingerprint density at radius 3 is 2.18 bits per heavy atom. The zero-order chi connectivity index (χ0) is 32.4. The maximum atomic E-state index is 14.5. The van der Waals surface area contributed by atoms with Gasteiger partial charge in [0, 0.05) is 6.42 Å². The Labute approximate surface area is 263 Å². The molecule has 1 N–H and O–H groups in total. The van der Waals surface area contributed by atoms with Crippen molar-refractivity contribution in [2.75, 3.05) is 0 Å². The number of carbonyl (C=O) groups is 3. The van der Waals surface area contributed by atoms with Gasteiger partial charge in [-0.15, -0.1) is 0 Å². The fourth-order valence-corrected chi connectivity index (χ4v) is 7.11. The first kappa shape index (κ1) is 34.2. The van der Waals surface area contributed by atoms with Gasteiger partial charge in [-0.25, -0.2) is 4.39 Å². The SMILES string of the molecule is CC1(C/C=C(/CCCC(=O)c2c(Cl)cc(F)cc2Cl)C(=O)c2cnn(C3CCC(C)(C(=O)O)CC3)c2C(F)(F)F)CCCC1. The zero-order valence-corrected chi connectivity index (χ0v) is 26.2. The fourth-order valence-electron chi connectivity index (χ4n) is 6.44. The molecular formula is C32H36Cl2F4N2O4. The third-order valence-corrected chi connectivity index (χ3v) is 9.90. The highest BCUT2D eigenvalue weighted by Crippen LogP contribution is 2.44. The molecule has 0 aliphatic heterocycles. The van der Waals surface area contributed by atoms with E-state index in [4.69, 9.17) is 23.2 Å². The second-order valence-electron chi connectivity index (χ2n) is 12.7. The number of halogens is 6. The number of hydrogen-bond donors (Lipinski definition) is 1. The van der Waals surface area contributed by atoms with Crippen molar-refractivity contribution in [1.82, 2.24) is 9.78 Å². The molecule has 2 aromatic rings. The Bertz CT molecular complexity index is 1430. The molecule has 0 unspecified atom stereocenters. The summed E-state index contributed by atoms with van der Waals surface area (Å²) < 4.78 is 58.0. The minimum atomic E-state index is -4.89. The molecule has 1 heterocycles. The van der Waals surface area contributed by atoms with E-state index in [1.54, 1.807) is 13.0 Å². The first-order chi connectivity index (χ1) is 20.5. The molecule has 0 spiro atoms. The van der Waals surface area contributed by atoms with Crippen molar-refractivity contribution in [2.24, 2.45) is 10.8 Å². The van der Waals surface area contributed by atoms with Crippen LogP contribution < -0.4 is 0 Å². The Hall–Kier alpha value is -2.72. The maximum Gasteiger partial charge on any atom is 0.433 e. The number of benzene rings is 1. The quantitative estimate of drug-likeness (QED) is 0.147. The molecule has 2 aliphatic rings. The number of carboxylic acid groups (broad SMARTS) is 1. The molecule has 0 atom stereocenters. The third kappa shape index (κ3) is 7.56. The lowest BCUT2D eigenvalue weighted by Crippen LogP contribution is -2.34. The monoisotopic (exact) mass is 658 g/mol. The van der Waals surface area contributed by atoms with Gasteiger partial charge in [0.15, 0.2) is 17.3 Å². The second kappa shape index (κ2) is 13.3. The van der Waals surface area contributed by atoms with Gasteiger partial charge in [0.1, 0.15) is 5.82 Å². The van der Waals surface area contributed by atoms with Crippen molar-refractivity contribution in [1.29, 1.82) is 0 Å². The summed E-state index contributed by atoms with van der Waals surface area (Å²) in [6.45, 7) is 3.67. The van der Waals surface area contributed by atoms with Crippen molar-refractivity contribution < 1.29 is 37.1 Å². The average Bonchev–Trinajstić information content (AvgIpc) is 3.57. The van der Waals surface area contributed by atoms with Gasteiger partial charge < -0.3 is 5.11 Å². The van der Waals surface area contributed by atoms with Crippen LogP contribution in [0.3, 0.4) is 0 Å². The number of aliphatic carboxylic acids is 1. The predicted octanol–water partition coefficient (Wildman–Crippen LogP) is 9.69. The maximum absolute atomic E-state index is 14.5. The Kier molecular flexibility index (Phi) is 10.3. The average molecular weight is 660 g/mol. The van der Waals surface area contributed by atoms with Crippen molar-refractivity contribution >= 4 is 40.7 Å². The van der Waals surface area contributed by atoms with Gasteiger partial charge in [0.2, 0.25) is 0 Å². The third-order valence-electron chi connectivity index (χ3n) is 9.31. The highest BCUT2D eigenvalue weighted by atomic mass is 35.5.